The van der Waals surface area contributed by atoms with Gasteiger partial charge in [-0.1, -0.05) is 63.4 Å². The Kier molecular flexibility index (Phi) is 6.13. The van der Waals surface area contributed by atoms with Crippen LogP contribution in [-0.2, 0) is 6.54 Å². The molecule has 2 atom stereocenters. The summed E-state index contributed by atoms with van der Waals surface area (Å²) in [5, 5.41) is 3.92. The maximum Gasteiger partial charge on any atom is 0.0237 e. The average molecular weight is 315 g/mol. The number of hydrogen-bond acceptors (Lipinski definition) is 2. The van der Waals surface area contributed by atoms with Crippen LogP contribution >= 0.6 is 0 Å². The molecule has 1 aliphatic carbocycles. The third-order valence-electron chi connectivity index (χ3n) is 5.75. The Balaban J connectivity index is 1.66. The molecular weight excluding hydrogens is 280 g/mol. The molecule has 2 nitrogen and oxygen atoms in total. The molecule has 128 valence electrons. The lowest BCUT2D eigenvalue weighted by Gasteiger charge is -2.44. The van der Waals surface area contributed by atoms with Crippen molar-refractivity contribution in [2.24, 2.45) is 11.8 Å². The highest BCUT2D eigenvalue weighted by Gasteiger charge is 2.32. The van der Waals surface area contributed by atoms with Gasteiger partial charge in [0, 0.05) is 31.7 Å². The maximum atomic E-state index is 3.92. The summed E-state index contributed by atoms with van der Waals surface area (Å²) in [6.07, 6.45) is 8.51. The van der Waals surface area contributed by atoms with Gasteiger partial charge in [0.15, 0.2) is 0 Å². The van der Waals surface area contributed by atoms with Crippen LogP contribution in [0.25, 0.3) is 0 Å². The third kappa shape index (κ3) is 4.81. The molecule has 23 heavy (non-hydrogen) atoms. The zero-order valence-corrected chi connectivity index (χ0v) is 15.0. The van der Waals surface area contributed by atoms with E-state index in [-0.39, 0.29) is 0 Å². The average Bonchev–Trinajstić information content (AvgIpc) is 2.58. The van der Waals surface area contributed by atoms with Crippen molar-refractivity contribution in [3.8, 4) is 0 Å². The fourth-order valence-electron chi connectivity index (χ4n) is 4.52. The summed E-state index contributed by atoms with van der Waals surface area (Å²) in [7, 11) is 0. The second-order valence-electron chi connectivity index (χ2n) is 8.11. The maximum absolute atomic E-state index is 3.92. The van der Waals surface area contributed by atoms with Gasteiger partial charge in [-0.15, -0.1) is 0 Å². The van der Waals surface area contributed by atoms with E-state index in [1.807, 2.05) is 0 Å². The van der Waals surface area contributed by atoms with E-state index in [4.69, 9.17) is 0 Å². The second-order valence-corrected chi connectivity index (χ2v) is 8.11. The Labute approximate surface area is 142 Å². The smallest absolute Gasteiger partial charge is 0.0237 e. The molecule has 2 heteroatoms. The van der Waals surface area contributed by atoms with E-state index in [1.165, 1.54) is 57.2 Å². The van der Waals surface area contributed by atoms with Gasteiger partial charge in [-0.2, -0.15) is 0 Å². The van der Waals surface area contributed by atoms with Gasteiger partial charge in [-0.05, 0) is 36.7 Å². The van der Waals surface area contributed by atoms with Crippen molar-refractivity contribution >= 4 is 0 Å². The number of nitrogens with zero attached hydrogens (tertiary/aromatic N) is 1. The molecule has 1 saturated heterocycles. The van der Waals surface area contributed by atoms with E-state index >= 15 is 0 Å². The van der Waals surface area contributed by atoms with E-state index in [0.717, 1.165) is 18.4 Å². The van der Waals surface area contributed by atoms with Crippen LogP contribution < -0.4 is 5.32 Å². The van der Waals surface area contributed by atoms with Gasteiger partial charge in [0.1, 0.15) is 0 Å². The largest absolute Gasteiger partial charge is 0.311 e. The van der Waals surface area contributed by atoms with Gasteiger partial charge >= 0.3 is 0 Å². The summed E-state index contributed by atoms with van der Waals surface area (Å²) < 4.78 is 0. The molecule has 2 unspecified atom stereocenters. The molecule has 2 aliphatic rings. The third-order valence-corrected chi connectivity index (χ3v) is 5.75. The Morgan fingerprint density at radius 2 is 1.83 bits per heavy atom. The quantitative estimate of drug-likeness (QED) is 0.863. The van der Waals surface area contributed by atoms with Gasteiger partial charge in [-0.25, -0.2) is 0 Å². The van der Waals surface area contributed by atoms with Crippen molar-refractivity contribution in [2.75, 3.05) is 13.1 Å². The predicted octanol–water partition coefficient (Wildman–Crippen LogP) is 4.46. The molecule has 0 amide bonds. The second kappa shape index (κ2) is 8.30. The predicted molar refractivity (Wildman–Crippen MR) is 98.5 cm³/mol. The summed E-state index contributed by atoms with van der Waals surface area (Å²) in [5.74, 6) is 1.67. The lowest BCUT2D eigenvalue weighted by molar-refractivity contribution is 0.0783. The summed E-state index contributed by atoms with van der Waals surface area (Å²) in [6, 6.07) is 12.4. The van der Waals surface area contributed by atoms with Crippen molar-refractivity contribution in [3.05, 3.63) is 35.9 Å². The molecule has 1 heterocycles. The van der Waals surface area contributed by atoms with Crippen LogP contribution in [0, 0.1) is 11.8 Å². The molecule has 2 fully saturated rings. The number of benzene rings is 1. The summed E-state index contributed by atoms with van der Waals surface area (Å²) >= 11 is 0. The summed E-state index contributed by atoms with van der Waals surface area (Å²) in [5.41, 5.74) is 1.46. The number of nitrogens with one attached hydrogen (secondary N) is 1. The van der Waals surface area contributed by atoms with Gasteiger partial charge in [0.05, 0.1) is 0 Å². The van der Waals surface area contributed by atoms with Crippen molar-refractivity contribution in [3.63, 3.8) is 0 Å². The number of rotatable bonds is 5. The van der Waals surface area contributed by atoms with Gasteiger partial charge in [0.25, 0.3) is 0 Å². The molecule has 3 rings (SSSR count). The van der Waals surface area contributed by atoms with Crippen LogP contribution in [0.2, 0.25) is 0 Å². The Bertz CT molecular complexity index is 450. The molecule has 1 aliphatic heterocycles. The van der Waals surface area contributed by atoms with E-state index < -0.39 is 0 Å². The molecule has 1 aromatic rings. The normalized spacial score (nSPS) is 27.4. The van der Waals surface area contributed by atoms with Crippen LogP contribution in [-0.4, -0.2) is 30.1 Å². The van der Waals surface area contributed by atoms with E-state index in [0.29, 0.717) is 12.1 Å². The molecule has 0 spiro atoms. The zero-order valence-electron chi connectivity index (χ0n) is 15.0. The highest BCUT2D eigenvalue weighted by Crippen LogP contribution is 2.29. The summed E-state index contributed by atoms with van der Waals surface area (Å²) in [4.78, 5) is 2.77. The summed E-state index contributed by atoms with van der Waals surface area (Å²) in [6.45, 7) is 8.23. The van der Waals surface area contributed by atoms with E-state index in [2.05, 4.69) is 54.4 Å². The molecule has 1 saturated carbocycles. The van der Waals surface area contributed by atoms with Crippen molar-refractivity contribution in [1.82, 2.24) is 10.2 Å². The Morgan fingerprint density at radius 3 is 2.52 bits per heavy atom. The van der Waals surface area contributed by atoms with Crippen LogP contribution in [0.3, 0.4) is 0 Å². The monoisotopic (exact) mass is 314 g/mol. The fourth-order valence-corrected chi connectivity index (χ4v) is 4.52. The first-order chi connectivity index (χ1) is 11.2. The first-order valence-electron chi connectivity index (χ1n) is 9.73. The minimum absolute atomic E-state index is 0.690. The molecular formula is C21H34N2. The van der Waals surface area contributed by atoms with Crippen molar-refractivity contribution in [2.45, 2.75) is 71.0 Å². The molecule has 0 bridgehead atoms. The first kappa shape index (κ1) is 17.0. The lowest BCUT2D eigenvalue weighted by atomic mass is 9.82. The van der Waals surface area contributed by atoms with Crippen LogP contribution in [0.5, 0.6) is 0 Å². The van der Waals surface area contributed by atoms with Gasteiger partial charge in [-0.3, -0.25) is 4.90 Å². The standard InChI is InChI=1S/C21H34N2/c1-17(2)13-20-14-22-21(19-11-7-4-8-12-19)16-23(20)15-18-9-5-3-6-10-18/h3,5-6,9-10,17,19-22H,4,7-8,11-16H2,1-2H3. The van der Waals surface area contributed by atoms with Crippen LogP contribution in [0.1, 0.15) is 57.9 Å². The van der Waals surface area contributed by atoms with Crippen LogP contribution in [0.15, 0.2) is 30.3 Å². The van der Waals surface area contributed by atoms with Gasteiger partial charge in [0.2, 0.25) is 0 Å². The zero-order chi connectivity index (χ0) is 16.1. The van der Waals surface area contributed by atoms with E-state index in [9.17, 15) is 0 Å². The molecule has 1 aromatic carbocycles. The minimum Gasteiger partial charge on any atom is -0.311 e. The molecule has 0 radical (unpaired) electrons. The van der Waals surface area contributed by atoms with E-state index in [1.54, 1.807) is 0 Å². The SMILES string of the molecule is CC(C)CC1CNC(C2CCCCC2)CN1Cc1ccccc1. The number of hydrogen-bond donors (Lipinski definition) is 1. The van der Waals surface area contributed by atoms with Crippen molar-refractivity contribution < 1.29 is 0 Å². The van der Waals surface area contributed by atoms with Gasteiger partial charge < -0.3 is 5.32 Å². The first-order valence-corrected chi connectivity index (χ1v) is 9.73. The molecule has 1 N–H and O–H groups in total. The lowest BCUT2D eigenvalue weighted by Crippen LogP contribution is -2.58. The fraction of sp³-hybridized carbons (Fsp3) is 0.714. The van der Waals surface area contributed by atoms with Crippen LogP contribution in [0.4, 0.5) is 0 Å². The highest BCUT2D eigenvalue weighted by molar-refractivity contribution is 5.15. The van der Waals surface area contributed by atoms with Crippen molar-refractivity contribution in [1.29, 1.82) is 0 Å². The number of piperazine rings is 1. The Hall–Kier alpha value is -0.860. The minimum atomic E-state index is 0.690. The highest BCUT2D eigenvalue weighted by atomic mass is 15.2. The molecule has 0 aromatic heterocycles. The topological polar surface area (TPSA) is 15.3 Å². The Morgan fingerprint density at radius 1 is 1.09 bits per heavy atom.